The maximum Gasteiger partial charge on any atom is 0.410 e. The zero-order chi connectivity index (χ0) is 20.0. The molecule has 1 atom stereocenters. The smallest absolute Gasteiger partial charge is 0.410 e. The first-order valence-corrected chi connectivity index (χ1v) is 9.16. The summed E-state index contributed by atoms with van der Waals surface area (Å²) in [6.45, 7) is 11.1. The van der Waals surface area contributed by atoms with Crippen LogP contribution in [0.2, 0.25) is 0 Å². The van der Waals surface area contributed by atoms with E-state index in [1.165, 1.54) is 0 Å². The van der Waals surface area contributed by atoms with Crippen LogP contribution in [-0.2, 0) is 9.53 Å². The molecule has 0 aromatic rings. The SMILES string of the molecule is CN=C(NCC(C)(C)C(=O)NC)NC1CCCN(C(=O)OC(C)(C)C)C1. The maximum atomic E-state index is 12.3. The minimum atomic E-state index is -0.554. The van der Waals surface area contributed by atoms with Gasteiger partial charge in [-0.25, -0.2) is 4.79 Å². The number of carbonyl (C=O) groups excluding carboxylic acids is 2. The minimum Gasteiger partial charge on any atom is -0.444 e. The maximum absolute atomic E-state index is 12.3. The molecule has 0 saturated carbocycles. The summed E-state index contributed by atoms with van der Waals surface area (Å²) >= 11 is 0. The molecule has 3 N–H and O–H groups in total. The number of likely N-dealkylation sites (tertiary alicyclic amines) is 1. The minimum absolute atomic E-state index is 0.0331. The van der Waals surface area contributed by atoms with Crippen molar-refractivity contribution in [1.82, 2.24) is 20.9 Å². The summed E-state index contributed by atoms with van der Waals surface area (Å²) in [5.41, 5.74) is -1.05. The fraction of sp³-hybridized carbons (Fsp3) is 0.833. The predicted octanol–water partition coefficient (Wildman–Crippen LogP) is 1.32. The van der Waals surface area contributed by atoms with E-state index in [4.69, 9.17) is 4.74 Å². The van der Waals surface area contributed by atoms with E-state index in [1.807, 2.05) is 34.6 Å². The van der Waals surface area contributed by atoms with E-state index in [9.17, 15) is 9.59 Å². The van der Waals surface area contributed by atoms with Gasteiger partial charge in [0.1, 0.15) is 5.60 Å². The summed E-state index contributed by atoms with van der Waals surface area (Å²) in [6.07, 6.45) is 1.56. The molecule has 150 valence electrons. The quantitative estimate of drug-likeness (QED) is 0.513. The van der Waals surface area contributed by atoms with E-state index in [1.54, 1.807) is 19.0 Å². The number of carbonyl (C=O) groups is 2. The molecular weight excluding hydrogens is 334 g/mol. The molecule has 1 rings (SSSR count). The Balaban J connectivity index is 2.57. The summed E-state index contributed by atoms with van der Waals surface area (Å²) in [5.74, 6) is 0.590. The number of hydrogen-bond donors (Lipinski definition) is 3. The number of amides is 2. The number of ether oxygens (including phenoxy) is 1. The third-order valence-electron chi connectivity index (χ3n) is 4.18. The van der Waals surface area contributed by atoms with Crippen molar-refractivity contribution in [1.29, 1.82) is 0 Å². The van der Waals surface area contributed by atoms with Gasteiger partial charge in [0, 0.05) is 39.8 Å². The second-order valence-corrected chi connectivity index (χ2v) is 8.30. The molecule has 2 amide bonds. The van der Waals surface area contributed by atoms with Crippen molar-refractivity contribution in [3.63, 3.8) is 0 Å². The fourth-order valence-corrected chi connectivity index (χ4v) is 2.70. The molecule has 0 bridgehead atoms. The summed E-state index contributed by atoms with van der Waals surface area (Å²) in [5, 5.41) is 9.21. The van der Waals surface area contributed by atoms with Crippen LogP contribution in [0.1, 0.15) is 47.5 Å². The van der Waals surface area contributed by atoms with Crippen LogP contribution in [0.3, 0.4) is 0 Å². The zero-order valence-electron chi connectivity index (χ0n) is 17.2. The molecule has 0 aliphatic carbocycles. The van der Waals surface area contributed by atoms with Gasteiger partial charge in [0.15, 0.2) is 5.96 Å². The number of piperidine rings is 1. The summed E-state index contributed by atoms with van der Waals surface area (Å²) in [4.78, 5) is 30.1. The number of nitrogens with zero attached hydrogens (tertiary/aromatic N) is 2. The van der Waals surface area contributed by atoms with Crippen molar-refractivity contribution in [3.05, 3.63) is 0 Å². The Morgan fingerprint density at radius 1 is 1.23 bits per heavy atom. The number of guanidine groups is 1. The molecule has 8 heteroatoms. The molecule has 1 unspecified atom stereocenters. The molecule has 1 fully saturated rings. The fourth-order valence-electron chi connectivity index (χ4n) is 2.70. The van der Waals surface area contributed by atoms with Crippen LogP contribution in [0.15, 0.2) is 4.99 Å². The zero-order valence-corrected chi connectivity index (χ0v) is 17.2. The second kappa shape index (κ2) is 9.09. The van der Waals surface area contributed by atoms with Gasteiger partial charge in [0.05, 0.1) is 5.41 Å². The van der Waals surface area contributed by atoms with Crippen LogP contribution in [0, 0.1) is 5.41 Å². The number of hydrogen-bond acceptors (Lipinski definition) is 4. The van der Waals surface area contributed by atoms with Gasteiger partial charge in [-0.1, -0.05) is 0 Å². The second-order valence-electron chi connectivity index (χ2n) is 8.30. The van der Waals surface area contributed by atoms with Crippen molar-refractivity contribution in [2.75, 3.05) is 33.7 Å². The average Bonchev–Trinajstić information content (AvgIpc) is 2.56. The normalized spacial score (nSPS) is 19.0. The van der Waals surface area contributed by atoms with Gasteiger partial charge >= 0.3 is 6.09 Å². The van der Waals surface area contributed by atoms with Crippen molar-refractivity contribution in [2.45, 2.75) is 59.1 Å². The standard InChI is InChI=1S/C18H35N5O3/c1-17(2,3)26-16(25)23-10-8-9-13(11-23)22-15(20-7)21-12-18(4,5)14(24)19-6/h13H,8-12H2,1-7H3,(H,19,24)(H2,20,21,22). The van der Waals surface area contributed by atoms with Crippen molar-refractivity contribution in [3.8, 4) is 0 Å². The summed E-state index contributed by atoms with van der Waals surface area (Å²) in [6, 6.07) is 0.0885. The Labute approximate surface area is 157 Å². The monoisotopic (exact) mass is 369 g/mol. The lowest BCUT2D eigenvalue weighted by atomic mass is 9.92. The molecule has 0 spiro atoms. The van der Waals surface area contributed by atoms with Crippen LogP contribution >= 0.6 is 0 Å². The Kier molecular flexibility index (Phi) is 7.71. The third-order valence-corrected chi connectivity index (χ3v) is 4.18. The Morgan fingerprint density at radius 3 is 2.42 bits per heavy atom. The Hall–Kier alpha value is -1.99. The van der Waals surface area contributed by atoms with Crippen LogP contribution < -0.4 is 16.0 Å². The van der Waals surface area contributed by atoms with Gasteiger partial charge < -0.3 is 25.6 Å². The van der Waals surface area contributed by atoms with Gasteiger partial charge in [-0.15, -0.1) is 0 Å². The Morgan fingerprint density at radius 2 is 1.88 bits per heavy atom. The van der Waals surface area contributed by atoms with Crippen LogP contribution in [0.5, 0.6) is 0 Å². The van der Waals surface area contributed by atoms with E-state index >= 15 is 0 Å². The van der Waals surface area contributed by atoms with E-state index in [0.29, 0.717) is 25.6 Å². The number of rotatable bonds is 4. The molecule has 1 heterocycles. The van der Waals surface area contributed by atoms with E-state index in [-0.39, 0.29) is 18.0 Å². The molecule has 0 aromatic carbocycles. The predicted molar refractivity (Wildman–Crippen MR) is 103 cm³/mol. The van der Waals surface area contributed by atoms with Crippen molar-refractivity contribution < 1.29 is 14.3 Å². The summed E-state index contributed by atoms with van der Waals surface area (Å²) < 4.78 is 5.46. The molecule has 1 saturated heterocycles. The van der Waals surface area contributed by atoms with Crippen LogP contribution in [0.25, 0.3) is 0 Å². The van der Waals surface area contributed by atoms with Crippen molar-refractivity contribution in [2.24, 2.45) is 10.4 Å². The van der Waals surface area contributed by atoms with E-state index < -0.39 is 11.0 Å². The molecule has 26 heavy (non-hydrogen) atoms. The highest BCUT2D eigenvalue weighted by molar-refractivity contribution is 5.84. The first kappa shape index (κ1) is 22.1. The lowest BCUT2D eigenvalue weighted by Gasteiger charge is -2.35. The molecule has 8 nitrogen and oxygen atoms in total. The topological polar surface area (TPSA) is 95.1 Å². The number of aliphatic imine (C=N–C) groups is 1. The highest BCUT2D eigenvalue weighted by Crippen LogP contribution is 2.16. The Bertz CT molecular complexity index is 525. The van der Waals surface area contributed by atoms with Crippen LogP contribution in [0.4, 0.5) is 4.79 Å². The first-order valence-electron chi connectivity index (χ1n) is 9.16. The lowest BCUT2D eigenvalue weighted by molar-refractivity contribution is -0.128. The van der Waals surface area contributed by atoms with Gasteiger partial charge in [0.25, 0.3) is 0 Å². The summed E-state index contributed by atoms with van der Waals surface area (Å²) in [7, 11) is 3.32. The average molecular weight is 370 g/mol. The number of nitrogens with one attached hydrogen (secondary N) is 3. The largest absolute Gasteiger partial charge is 0.444 e. The highest BCUT2D eigenvalue weighted by Gasteiger charge is 2.29. The van der Waals surface area contributed by atoms with Crippen molar-refractivity contribution >= 4 is 18.0 Å². The van der Waals surface area contributed by atoms with E-state index in [2.05, 4.69) is 20.9 Å². The molecule has 1 aliphatic heterocycles. The first-order chi connectivity index (χ1) is 12.0. The van der Waals surface area contributed by atoms with Gasteiger partial charge in [-0.05, 0) is 47.5 Å². The molecule has 1 aliphatic rings. The molecule has 0 radical (unpaired) electrons. The lowest BCUT2D eigenvalue weighted by Crippen LogP contribution is -2.54. The van der Waals surface area contributed by atoms with Gasteiger partial charge in [0.2, 0.25) is 5.91 Å². The third kappa shape index (κ3) is 7.09. The van der Waals surface area contributed by atoms with E-state index in [0.717, 1.165) is 12.8 Å². The molecular formula is C18H35N5O3. The van der Waals surface area contributed by atoms with Crippen LogP contribution in [-0.4, -0.2) is 68.2 Å². The van der Waals surface area contributed by atoms with Gasteiger partial charge in [-0.2, -0.15) is 0 Å². The highest BCUT2D eigenvalue weighted by atomic mass is 16.6. The molecule has 0 aromatic heterocycles. The van der Waals surface area contributed by atoms with Gasteiger partial charge in [-0.3, -0.25) is 9.79 Å².